The summed E-state index contributed by atoms with van der Waals surface area (Å²) in [5, 5.41) is 2.71. The van der Waals surface area contributed by atoms with Gasteiger partial charge in [-0.25, -0.2) is 0 Å². The molecule has 0 spiro atoms. The topological polar surface area (TPSA) is 55.1 Å². The van der Waals surface area contributed by atoms with Crippen LogP contribution < -0.4 is 11.1 Å². The fourth-order valence-electron chi connectivity index (χ4n) is 1.01. The van der Waals surface area contributed by atoms with E-state index in [0.717, 1.165) is 11.1 Å². The molecule has 0 bridgehead atoms. The lowest BCUT2D eigenvalue weighted by Crippen LogP contribution is -2.19. The molecule has 0 heterocycles. The molecule has 0 aliphatic rings. The molecule has 0 saturated heterocycles. The Labute approximate surface area is 88.3 Å². The first-order valence-electron chi connectivity index (χ1n) is 4.23. The van der Waals surface area contributed by atoms with E-state index >= 15 is 0 Å². The highest BCUT2D eigenvalue weighted by Gasteiger charge is 1.97. The molecule has 0 saturated carbocycles. The molecule has 1 aromatic rings. The van der Waals surface area contributed by atoms with E-state index in [1.165, 1.54) is 6.92 Å². The summed E-state index contributed by atoms with van der Waals surface area (Å²) in [5.74, 6) is -0.0385. The number of thiocarbonyl (C=S) groups is 1. The smallest absolute Gasteiger partial charge is 0.217 e. The zero-order valence-corrected chi connectivity index (χ0v) is 8.73. The normalized spacial score (nSPS) is 9.50. The zero-order valence-electron chi connectivity index (χ0n) is 7.91. The standard InChI is InChI=1S/C10H12N2OS/c1-7(13)12-6-8-2-4-9(5-3-8)10(11)14/h2-5H,6H2,1H3,(H2,11,14)(H,12,13). The lowest BCUT2D eigenvalue weighted by atomic mass is 10.1. The van der Waals surface area contributed by atoms with E-state index in [-0.39, 0.29) is 5.91 Å². The molecule has 14 heavy (non-hydrogen) atoms. The monoisotopic (exact) mass is 208 g/mol. The Kier molecular flexibility index (Phi) is 3.59. The van der Waals surface area contributed by atoms with E-state index in [1.54, 1.807) is 0 Å². The summed E-state index contributed by atoms with van der Waals surface area (Å²) in [7, 11) is 0. The van der Waals surface area contributed by atoms with Crippen LogP contribution in [0.15, 0.2) is 24.3 Å². The Morgan fingerprint density at radius 2 is 2.00 bits per heavy atom. The Morgan fingerprint density at radius 3 is 2.43 bits per heavy atom. The van der Waals surface area contributed by atoms with Crippen molar-refractivity contribution in [2.75, 3.05) is 0 Å². The molecule has 3 N–H and O–H groups in total. The van der Waals surface area contributed by atoms with Gasteiger partial charge in [-0.15, -0.1) is 0 Å². The molecule has 0 aliphatic carbocycles. The minimum Gasteiger partial charge on any atom is -0.389 e. The third kappa shape index (κ3) is 3.14. The molecule has 0 fully saturated rings. The maximum atomic E-state index is 10.6. The number of nitrogens with one attached hydrogen (secondary N) is 1. The van der Waals surface area contributed by atoms with Crippen LogP contribution >= 0.6 is 12.2 Å². The predicted octanol–water partition coefficient (Wildman–Crippen LogP) is 0.957. The van der Waals surface area contributed by atoms with Gasteiger partial charge in [0.1, 0.15) is 4.99 Å². The van der Waals surface area contributed by atoms with Crippen LogP contribution in [0, 0.1) is 0 Å². The van der Waals surface area contributed by atoms with Gasteiger partial charge in [0.15, 0.2) is 0 Å². The van der Waals surface area contributed by atoms with Crippen molar-refractivity contribution in [2.24, 2.45) is 5.73 Å². The molecule has 74 valence electrons. The number of carbonyl (C=O) groups is 1. The molecule has 1 aromatic carbocycles. The molecule has 0 atom stereocenters. The van der Waals surface area contributed by atoms with Gasteiger partial charge in [0.05, 0.1) is 0 Å². The molecule has 1 rings (SSSR count). The quantitative estimate of drug-likeness (QED) is 0.727. The predicted molar refractivity (Wildman–Crippen MR) is 59.9 cm³/mol. The SMILES string of the molecule is CC(=O)NCc1ccc(C(N)=S)cc1. The second kappa shape index (κ2) is 4.72. The van der Waals surface area contributed by atoms with Gasteiger partial charge in [-0.3, -0.25) is 4.79 Å². The van der Waals surface area contributed by atoms with Crippen LogP contribution in [0.2, 0.25) is 0 Å². The van der Waals surface area contributed by atoms with E-state index in [1.807, 2.05) is 24.3 Å². The molecule has 0 radical (unpaired) electrons. The molecule has 1 amide bonds. The molecule has 0 aliphatic heterocycles. The van der Waals surface area contributed by atoms with Crippen LogP contribution in [-0.2, 0) is 11.3 Å². The minimum atomic E-state index is -0.0385. The van der Waals surface area contributed by atoms with Crippen LogP contribution in [-0.4, -0.2) is 10.9 Å². The van der Waals surface area contributed by atoms with E-state index in [0.29, 0.717) is 11.5 Å². The van der Waals surface area contributed by atoms with Gasteiger partial charge in [0.2, 0.25) is 5.91 Å². The number of benzene rings is 1. The average Bonchev–Trinajstić information content (AvgIpc) is 2.15. The molecular formula is C10H12N2OS. The summed E-state index contributed by atoms with van der Waals surface area (Å²) in [6, 6.07) is 7.48. The molecule has 0 aromatic heterocycles. The van der Waals surface area contributed by atoms with Crippen molar-refractivity contribution in [1.82, 2.24) is 5.32 Å². The van der Waals surface area contributed by atoms with Gasteiger partial charge >= 0.3 is 0 Å². The molecule has 4 heteroatoms. The summed E-state index contributed by atoms with van der Waals surface area (Å²) < 4.78 is 0. The van der Waals surface area contributed by atoms with E-state index in [2.05, 4.69) is 5.32 Å². The van der Waals surface area contributed by atoms with Crippen molar-refractivity contribution in [3.05, 3.63) is 35.4 Å². The fraction of sp³-hybridized carbons (Fsp3) is 0.200. The first-order chi connectivity index (χ1) is 6.59. The molecule has 0 unspecified atom stereocenters. The number of amides is 1. The van der Waals surface area contributed by atoms with E-state index in [9.17, 15) is 4.79 Å². The lowest BCUT2D eigenvalue weighted by molar-refractivity contribution is -0.119. The highest BCUT2D eigenvalue weighted by atomic mass is 32.1. The van der Waals surface area contributed by atoms with Crippen LogP contribution in [0.3, 0.4) is 0 Å². The maximum absolute atomic E-state index is 10.6. The Bertz CT molecular complexity index is 346. The number of nitrogens with two attached hydrogens (primary N) is 1. The summed E-state index contributed by atoms with van der Waals surface area (Å²) in [4.78, 5) is 11.0. The summed E-state index contributed by atoms with van der Waals surface area (Å²) in [5.41, 5.74) is 7.32. The Balaban J connectivity index is 2.64. The molecule has 3 nitrogen and oxygen atoms in total. The zero-order chi connectivity index (χ0) is 10.6. The highest BCUT2D eigenvalue weighted by molar-refractivity contribution is 7.80. The fourth-order valence-corrected chi connectivity index (χ4v) is 1.15. The number of hydrogen-bond acceptors (Lipinski definition) is 2. The molecular weight excluding hydrogens is 196 g/mol. The third-order valence-corrected chi connectivity index (χ3v) is 2.02. The largest absolute Gasteiger partial charge is 0.389 e. The summed E-state index contributed by atoms with van der Waals surface area (Å²) >= 11 is 4.82. The first-order valence-corrected chi connectivity index (χ1v) is 4.63. The second-order valence-corrected chi connectivity index (χ2v) is 3.41. The Hall–Kier alpha value is -1.42. The number of hydrogen-bond donors (Lipinski definition) is 2. The van der Waals surface area contributed by atoms with Gasteiger partial charge in [-0.1, -0.05) is 36.5 Å². The summed E-state index contributed by atoms with van der Waals surface area (Å²) in [6.45, 7) is 2.02. The van der Waals surface area contributed by atoms with Crippen LogP contribution in [0.4, 0.5) is 0 Å². The van der Waals surface area contributed by atoms with Gasteiger partial charge in [0, 0.05) is 19.0 Å². The van der Waals surface area contributed by atoms with Gasteiger partial charge in [-0.2, -0.15) is 0 Å². The van der Waals surface area contributed by atoms with Crippen LogP contribution in [0.25, 0.3) is 0 Å². The Morgan fingerprint density at radius 1 is 1.43 bits per heavy atom. The van der Waals surface area contributed by atoms with Crippen molar-refractivity contribution in [1.29, 1.82) is 0 Å². The second-order valence-electron chi connectivity index (χ2n) is 2.97. The van der Waals surface area contributed by atoms with Crippen molar-refractivity contribution < 1.29 is 4.79 Å². The van der Waals surface area contributed by atoms with Gasteiger partial charge < -0.3 is 11.1 Å². The minimum absolute atomic E-state index is 0.0385. The van der Waals surface area contributed by atoms with Crippen LogP contribution in [0.5, 0.6) is 0 Å². The number of carbonyl (C=O) groups excluding carboxylic acids is 1. The van der Waals surface area contributed by atoms with E-state index < -0.39 is 0 Å². The third-order valence-electron chi connectivity index (χ3n) is 1.78. The van der Waals surface area contributed by atoms with Gasteiger partial charge in [0.25, 0.3) is 0 Å². The van der Waals surface area contributed by atoms with Crippen molar-refractivity contribution >= 4 is 23.1 Å². The van der Waals surface area contributed by atoms with E-state index in [4.69, 9.17) is 18.0 Å². The maximum Gasteiger partial charge on any atom is 0.217 e. The van der Waals surface area contributed by atoms with Crippen molar-refractivity contribution in [3.63, 3.8) is 0 Å². The average molecular weight is 208 g/mol. The highest BCUT2D eigenvalue weighted by Crippen LogP contribution is 2.03. The van der Waals surface area contributed by atoms with Crippen LogP contribution in [0.1, 0.15) is 18.1 Å². The van der Waals surface area contributed by atoms with Crippen molar-refractivity contribution in [3.8, 4) is 0 Å². The summed E-state index contributed by atoms with van der Waals surface area (Å²) in [6.07, 6.45) is 0. The number of rotatable bonds is 3. The lowest BCUT2D eigenvalue weighted by Gasteiger charge is -2.03. The first kappa shape index (κ1) is 10.7. The van der Waals surface area contributed by atoms with Crippen molar-refractivity contribution in [2.45, 2.75) is 13.5 Å². The van der Waals surface area contributed by atoms with Gasteiger partial charge in [-0.05, 0) is 5.56 Å².